The molecule has 3 aromatic rings. The van der Waals surface area contributed by atoms with E-state index >= 15 is 0 Å². The Hall–Kier alpha value is -3.75. The third-order valence-electron chi connectivity index (χ3n) is 4.00. The number of carbonyl (C=O) groups is 2. The van der Waals surface area contributed by atoms with Crippen LogP contribution in [0.1, 0.15) is 21.8 Å². The zero-order chi connectivity index (χ0) is 20.8. The molecule has 0 bridgehead atoms. The molecule has 0 saturated carbocycles. The molecule has 0 saturated heterocycles. The SMILES string of the molecule is O=C(Cn1c(C(=O)NCc2cc(F)cc(F)c2)cccc1=O)NCc1ccco1. The lowest BCUT2D eigenvalue weighted by Crippen LogP contribution is -2.36. The topological polar surface area (TPSA) is 93.3 Å². The minimum absolute atomic E-state index is 0.0532. The van der Waals surface area contributed by atoms with Crippen molar-refractivity contribution < 1.29 is 22.8 Å². The molecule has 3 rings (SSSR count). The molecule has 0 aliphatic carbocycles. The van der Waals surface area contributed by atoms with Crippen LogP contribution in [0, 0.1) is 11.6 Å². The van der Waals surface area contributed by atoms with Gasteiger partial charge in [0.2, 0.25) is 5.91 Å². The smallest absolute Gasteiger partial charge is 0.268 e. The zero-order valence-corrected chi connectivity index (χ0v) is 15.2. The van der Waals surface area contributed by atoms with E-state index in [1.807, 2.05) is 0 Å². The highest BCUT2D eigenvalue weighted by Crippen LogP contribution is 2.08. The fraction of sp³-hybridized carbons (Fsp3) is 0.150. The van der Waals surface area contributed by atoms with Crippen molar-refractivity contribution in [2.24, 2.45) is 0 Å². The Morgan fingerprint density at radius 3 is 2.41 bits per heavy atom. The fourth-order valence-electron chi connectivity index (χ4n) is 2.67. The van der Waals surface area contributed by atoms with E-state index in [4.69, 9.17) is 4.42 Å². The van der Waals surface area contributed by atoms with Gasteiger partial charge in [-0.1, -0.05) is 6.07 Å². The Labute approximate surface area is 164 Å². The van der Waals surface area contributed by atoms with Crippen LogP contribution in [-0.2, 0) is 24.4 Å². The van der Waals surface area contributed by atoms with Crippen molar-refractivity contribution in [2.45, 2.75) is 19.6 Å². The average Bonchev–Trinajstić information content (AvgIpc) is 3.19. The highest BCUT2D eigenvalue weighted by atomic mass is 19.1. The molecular formula is C20H17F2N3O4. The number of hydrogen-bond acceptors (Lipinski definition) is 4. The highest BCUT2D eigenvalue weighted by molar-refractivity contribution is 5.93. The number of benzene rings is 1. The van der Waals surface area contributed by atoms with Crippen LogP contribution in [0.15, 0.2) is 64.0 Å². The number of nitrogens with zero attached hydrogens (tertiary/aromatic N) is 1. The Balaban J connectivity index is 1.68. The van der Waals surface area contributed by atoms with Gasteiger partial charge in [-0.2, -0.15) is 0 Å². The van der Waals surface area contributed by atoms with Gasteiger partial charge < -0.3 is 15.1 Å². The maximum absolute atomic E-state index is 13.3. The number of carbonyl (C=O) groups excluding carboxylic acids is 2. The molecule has 2 aromatic heterocycles. The van der Waals surface area contributed by atoms with E-state index in [-0.39, 0.29) is 30.9 Å². The number of amides is 2. The van der Waals surface area contributed by atoms with E-state index < -0.39 is 29.0 Å². The van der Waals surface area contributed by atoms with Gasteiger partial charge in [0.1, 0.15) is 29.6 Å². The van der Waals surface area contributed by atoms with Crippen LogP contribution in [0.25, 0.3) is 0 Å². The van der Waals surface area contributed by atoms with Gasteiger partial charge in [-0.05, 0) is 35.9 Å². The second-order valence-electron chi connectivity index (χ2n) is 6.15. The van der Waals surface area contributed by atoms with Crippen LogP contribution in [0.4, 0.5) is 8.78 Å². The number of furan rings is 1. The summed E-state index contributed by atoms with van der Waals surface area (Å²) in [7, 11) is 0. The van der Waals surface area contributed by atoms with Gasteiger partial charge in [0, 0.05) is 18.7 Å². The lowest BCUT2D eigenvalue weighted by Gasteiger charge is -2.13. The molecular weight excluding hydrogens is 384 g/mol. The second kappa shape index (κ2) is 8.96. The summed E-state index contributed by atoms with van der Waals surface area (Å²) >= 11 is 0. The average molecular weight is 401 g/mol. The molecule has 150 valence electrons. The van der Waals surface area contributed by atoms with Gasteiger partial charge in [-0.15, -0.1) is 0 Å². The fourth-order valence-corrected chi connectivity index (χ4v) is 2.67. The van der Waals surface area contributed by atoms with Gasteiger partial charge in [-0.3, -0.25) is 19.0 Å². The first-order valence-electron chi connectivity index (χ1n) is 8.64. The van der Waals surface area contributed by atoms with Crippen LogP contribution < -0.4 is 16.2 Å². The van der Waals surface area contributed by atoms with Crippen molar-refractivity contribution in [2.75, 3.05) is 0 Å². The van der Waals surface area contributed by atoms with Crippen LogP contribution in [0.5, 0.6) is 0 Å². The van der Waals surface area contributed by atoms with Gasteiger partial charge in [0.05, 0.1) is 12.8 Å². The molecule has 2 N–H and O–H groups in total. The van der Waals surface area contributed by atoms with E-state index in [1.165, 1.54) is 24.5 Å². The molecule has 29 heavy (non-hydrogen) atoms. The van der Waals surface area contributed by atoms with Gasteiger partial charge >= 0.3 is 0 Å². The maximum atomic E-state index is 13.3. The molecule has 0 aliphatic rings. The van der Waals surface area contributed by atoms with Crippen molar-refractivity contribution in [1.29, 1.82) is 0 Å². The highest BCUT2D eigenvalue weighted by Gasteiger charge is 2.15. The molecule has 0 aliphatic heterocycles. The number of nitrogens with one attached hydrogen (secondary N) is 2. The second-order valence-corrected chi connectivity index (χ2v) is 6.15. The normalized spacial score (nSPS) is 10.6. The summed E-state index contributed by atoms with van der Waals surface area (Å²) in [6, 6.07) is 10.2. The molecule has 9 heteroatoms. The minimum atomic E-state index is -0.765. The maximum Gasteiger partial charge on any atom is 0.268 e. The summed E-state index contributed by atoms with van der Waals surface area (Å²) in [5.41, 5.74) is -0.373. The van der Waals surface area contributed by atoms with Gasteiger partial charge in [0.25, 0.3) is 11.5 Å². The lowest BCUT2D eigenvalue weighted by atomic mass is 10.2. The number of rotatable bonds is 7. The first kappa shape index (κ1) is 20.0. The molecule has 1 aromatic carbocycles. The van der Waals surface area contributed by atoms with Crippen LogP contribution in [-0.4, -0.2) is 16.4 Å². The lowest BCUT2D eigenvalue weighted by molar-refractivity contribution is -0.122. The van der Waals surface area contributed by atoms with Crippen LogP contribution in [0.2, 0.25) is 0 Å². The first-order chi connectivity index (χ1) is 13.9. The number of halogens is 2. The molecule has 0 atom stereocenters. The molecule has 7 nitrogen and oxygen atoms in total. The van der Waals surface area contributed by atoms with E-state index in [2.05, 4.69) is 10.6 Å². The van der Waals surface area contributed by atoms with Crippen molar-refractivity contribution in [3.8, 4) is 0 Å². The molecule has 2 amide bonds. The van der Waals surface area contributed by atoms with Crippen molar-refractivity contribution in [3.05, 3.63) is 93.8 Å². The first-order valence-corrected chi connectivity index (χ1v) is 8.64. The van der Waals surface area contributed by atoms with E-state index in [1.54, 1.807) is 12.1 Å². The zero-order valence-electron chi connectivity index (χ0n) is 15.2. The van der Waals surface area contributed by atoms with Gasteiger partial charge in [0.15, 0.2) is 0 Å². The number of pyridine rings is 1. The molecule has 0 fully saturated rings. The summed E-state index contributed by atoms with van der Waals surface area (Å²) in [5.74, 6) is -2.14. The summed E-state index contributed by atoms with van der Waals surface area (Å²) in [6.45, 7) is -0.390. The van der Waals surface area contributed by atoms with Crippen LogP contribution >= 0.6 is 0 Å². The van der Waals surface area contributed by atoms with Gasteiger partial charge in [-0.25, -0.2) is 8.78 Å². The van der Waals surface area contributed by atoms with E-state index in [0.29, 0.717) is 5.76 Å². The van der Waals surface area contributed by atoms with E-state index in [9.17, 15) is 23.2 Å². The summed E-state index contributed by atoms with van der Waals surface area (Å²) in [6.07, 6.45) is 1.47. The molecule has 2 heterocycles. The summed E-state index contributed by atoms with van der Waals surface area (Å²) in [4.78, 5) is 36.8. The monoisotopic (exact) mass is 401 g/mol. The largest absolute Gasteiger partial charge is 0.467 e. The van der Waals surface area contributed by atoms with Crippen molar-refractivity contribution >= 4 is 11.8 Å². The standard InChI is InChI=1S/C20H17F2N3O4/c21-14-7-13(8-15(22)9-14)10-24-20(28)17-4-1-5-19(27)25(17)12-18(26)23-11-16-3-2-6-29-16/h1-9H,10-12H2,(H,23,26)(H,24,28). The van der Waals surface area contributed by atoms with Crippen LogP contribution in [0.3, 0.4) is 0 Å². The quantitative estimate of drug-likeness (QED) is 0.633. The summed E-state index contributed by atoms with van der Waals surface area (Å²) < 4.78 is 32.6. The van der Waals surface area contributed by atoms with Crippen molar-refractivity contribution in [1.82, 2.24) is 15.2 Å². The Kier molecular flexibility index (Phi) is 6.18. The third kappa shape index (κ3) is 5.38. The Morgan fingerprint density at radius 2 is 1.72 bits per heavy atom. The minimum Gasteiger partial charge on any atom is -0.467 e. The third-order valence-corrected chi connectivity index (χ3v) is 4.00. The van der Waals surface area contributed by atoms with E-state index in [0.717, 1.165) is 22.8 Å². The molecule has 0 radical (unpaired) electrons. The molecule has 0 unspecified atom stereocenters. The number of hydrogen-bond donors (Lipinski definition) is 2. The Bertz CT molecular complexity index is 1060. The molecule has 0 spiro atoms. The predicted octanol–water partition coefficient (Wildman–Crippen LogP) is 1.97. The number of aromatic nitrogens is 1. The Morgan fingerprint density at radius 1 is 0.966 bits per heavy atom. The van der Waals surface area contributed by atoms with Crippen molar-refractivity contribution in [3.63, 3.8) is 0 Å². The predicted molar refractivity (Wildman–Crippen MR) is 98.8 cm³/mol. The summed E-state index contributed by atoms with van der Waals surface area (Å²) in [5, 5.41) is 5.08.